The molecule has 0 aromatic heterocycles. The average molecular weight is 328 g/mol. The maximum atomic E-state index is 11.5. The van der Waals surface area contributed by atoms with Gasteiger partial charge in [-0.2, -0.15) is 30.4 Å². The van der Waals surface area contributed by atoms with Gasteiger partial charge in [-0.1, -0.05) is 0 Å². The highest BCUT2D eigenvalue weighted by molar-refractivity contribution is 14.0. The van der Waals surface area contributed by atoms with Crippen molar-refractivity contribution in [1.29, 1.82) is 0 Å². The monoisotopic (exact) mass is 328 g/mol. The third kappa shape index (κ3) is 2.65. The lowest BCUT2D eigenvalue weighted by Crippen LogP contribution is -2.43. The smallest absolute Gasteiger partial charge is 0.281 e. The van der Waals surface area contributed by atoms with Crippen molar-refractivity contribution in [1.82, 2.24) is 0 Å². The molecule has 1 N–H and O–H groups in total. The molecule has 0 aromatic carbocycles. The highest BCUT2D eigenvalue weighted by Gasteiger charge is 2.67. The SMILES string of the molecule is I.O=S(=O)(O)C(F)(F)C(F)(F)F. The van der Waals surface area contributed by atoms with Gasteiger partial charge in [-0.05, 0) is 0 Å². The Labute approximate surface area is 80.7 Å². The van der Waals surface area contributed by atoms with Crippen molar-refractivity contribution < 1.29 is 34.9 Å². The number of hydrogen-bond acceptors (Lipinski definition) is 2. The molecular formula is C2H2F5IO3S. The first-order valence-electron chi connectivity index (χ1n) is 1.91. The van der Waals surface area contributed by atoms with Gasteiger partial charge >= 0.3 is 21.5 Å². The Kier molecular flexibility index (Phi) is 4.41. The number of rotatable bonds is 1. The van der Waals surface area contributed by atoms with Crippen LogP contribution in [0.1, 0.15) is 0 Å². The second-order valence-electron chi connectivity index (χ2n) is 1.49. The number of halogens is 6. The van der Waals surface area contributed by atoms with E-state index in [1.807, 2.05) is 0 Å². The van der Waals surface area contributed by atoms with Crippen LogP contribution in [0.3, 0.4) is 0 Å². The first kappa shape index (κ1) is 14.8. The van der Waals surface area contributed by atoms with Crippen molar-refractivity contribution in [2.45, 2.75) is 11.4 Å². The van der Waals surface area contributed by atoms with Gasteiger partial charge in [0, 0.05) is 0 Å². The molecule has 0 bridgehead atoms. The van der Waals surface area contributed by atoms with Gasteiger partial charge in [-0.25, -0.2) is 0 Å². The number of alkyl halides is 5. The third-order valence-corrected chi connectivity index (χ3v) is 1.53. The largest absolute Gasteiger partial charge is 0.472 e. The molecule has 0 saturated heterocycles. The maximum Gasteiger partial charge on any atom is 0.472 e. The molecule has 12 heavy (non-hydrogen) atoms. The Morgan fingerprint density at radius 2 is 1.25 bits per heavy atom. The lowest BCUT2D eigenvalue weighted by atomic mass is 10.7. The van der Waals surface area contributed by atoms with Crippen molar-refractivity contribution >= 4 is 34.1 Å². The Hall–Kier alpha value is 0.290. The summed E-state index contributed by atoms with van der Waals surface area (Å²) in [7, 11) is -6.42. The predicted octanol–water partition coefficient (Wildman–Crippen LogP) is 1.65. The van der Waals surface area contributed by atoms with Crippen molar-refractivity contribution in [3.05, 3.63) is 0 Å². The molecule has 0 saturated carbocycles. The molecule has 10 heteroatoms. The summed E-state index contributed by atoms with van der Waals surface area (Å²) in [5, 5.41) is -6.10. The first-order valence-corrected chi connectivity index (χ1v) is 3.36. The zero-order valence-electron chi connectivity index (χ0n) is 4.97. The van der Waals surface area contributed by atoms with Gasteiger partial charge in [0.15, 0.2) is 0 Å². The summed E-state index contributed by atoms with van der Waals surface area (Å²) in [5.41, 5.74) is 0. The summed E-state index contributed by atoms with van der Waals surface area (Å²) in [5.74, 6) is 0. The molecule has 0 aliphatic rings. The van der Waals surface area contributed by atoms with Gasteiger partial charge in [-0.15, -0.1) is 24.0 Å². The summed E-state index contributed by atoms with van der Waals surface area (Å²) >= 11 is 0. The molecule has 0 amide bonds. The second kappa shape index (κ2) is 3.57. The third-order valence-electron chi connectivity index (χ3n) is 0.654. The fourth-order valence-corrected chi connectivity index (χ4v) is 0.439. The molecule has 0 rings (SSSR count). The Morgan fingerprint density at radius 3 is 1.25 bits per heavy atom. The van der Waals surface area contributed by atoms with Crippen molar-refractivity contribution in [2.24, 2.45) is 0 Å². The minimum absolute atomic E-state index is 0. The van der Waals surface area contributed by atoms with E-state index in [1.165, 1.54) is 0 Å². The molecular weight excluding hydrogens is 326 g/mol. The van der Waals surface area contributed by atoms with E-state index in [-0.39, 0.29) is 24.0 Å². The molecule has 0 atom stereocenters. The van der Waals surface area contributed by atoms with Crippen LogP contribution in [0.5, 0.6) is 0 Å². The maximum absolute atomic E-state index is 11.5. The molecule has 76 valence electrons. The van der Waals surface area contributed by atoms with Gasteiger partial charge in [0.25, 0.3) is 0 Å². The molecule has 3 nitrogen and oxygen atoms in total. The Morgan fingerprint density at radius 1 is 1.00 bits per heavy atom. The summed E-state index contributed by atoms with van der Waals surface area (Å²) in [4.78, 5) is 0. The highest BCUT2D eigenvalue weighted by Crippen LogP contribution is 2.38. The quantitative estimate of drug-likeness (QED) is 0.452. The molecule has 0 aromatic rings. The van der Waals surface area contributed by atoms with Crippen molar-refractivity contribution in [3.8, 4) is 0 Å². The molecule has 0 aliphatic carbocycles. The molecule has 0 radical (unpaired) electrons. The van der Waals surface area contributed by atoms with Crippen LogP contribution in [-0.4, -0.2) is 24.4 Å². The Balaban J connectivity index is 0. The van der Waals surface area contributed by atoms with Gasteiger partial charge in [0.1, 0.15) is 0 Å². The molecule has 0 fully saturated rings. The minimum Gasteiger partial charge on any atom is -0.281 e. The van der Waals surface area contributed by atoms with E-state index in [2.05, 4.69) is 0 Å². The standard InChI is InChI=1S/C2HF5O3S.HI/c3-1(4,5)2(6,7)11(8,9)10;/h(H,8,9,10);1H. The van der Waals surface area contributed by atoms with Crippen molar-refractivity contribution in [3.63, 3.8) is 0 Å². The minimum atomic E-state index is -6.42. The van der Waals surface area contributed by atoms with Crippen LogP contribution in [0.15, 0.2) is 0 Å². The van der Waals surface area contributed by atoms with E-state index in [1.54, 1.807) is 0 Å². The fraction of sp³-hybridized carbons (Fsp3) is 1.00. The van der Waals surface area contributed by atoms with E-state index in [4.69, 9.17) is 4.55 Å². The van der Waals surface area contributed by atoms with E-state index >= 15 is 0 Å². The van der Waals surface area contributed by atoms with Crippen LogP contribution in [0.2, 0.25) is 0 Å². The van der Waals surface area contributed by atoms with Crippen LogP contribution in [0.25, 0.3) is 0 Å². The normalized spacial score (nSPS) is 13.8. The molecule has 0 spiro atoms. The fourth-order valence-electron chi connectivity index (χ4n) is 0.146. The first-order chi connectivity index (χ1) is 4.50. The van der Waals surface area contributed by atoms with Crippen molar-refractivity contribution in [2.75, 3.05) is 0 Å². The van der Waals surface area contributed by atoms with E-state index in [9.17, 15) is 30.4 Å². The summed E-state index contributed by atoms with van der Waals surface area (Å²) in [6.07, 6.45) is -6.29. The lowest BCUT2D eigenvalue weighted by molar-refractivity contribution is -0.243. The van der Waals surface area contributed by atoms with Crippen LogP contribution >= 0.6 is 24.0 Å². The van der Waals surface area contributed by atoms with Crippen LogP contribution in [0, 0.1) is 0 Å². The average Bonchev–Trinajstić information content (AvgIpc) is 1.58. The van der Waals surface area contributed by atoms with Gasteiger partial charge < -0.3 is 0 Å². The zero-order valence-corrected chi connectivity index (χ0v) is 8.12. The topological polar surface area (TPSA) is 54.4 Å². The zero-order chi connectivity index (χ0) is 9.50. The predicted molar refractivity (Wildman–Crippen MR) is 38.0 cm³/mol. The second-order valence-corrected chi connectivity index (χ2v) is 2.95. The lowest BCUT2D eigenvalue weighted by Gasteiger charge is -2.15. The van der Waals surface area contributed by atoms with Gasteiger partial charge in [-0.3, -0.25) is 4.55 Å². The summed E-state index contributed by atoms with van der Waals surface area (Å²) in [6.45, 7) is 0. The summed E-state index contributed by atoms with van der Waals surface area (Å²) < 4.78 is 82.2. The van der Waals surface area contributed by atoms with E-state index in [0.717, 1.165) is 0 Å². The van der Waals surface area contributed by atoms with E-state index < -0.39 is 21.5 Å². The van der Waals surface area contributed by atoms with E-state index in [0.29, 0.717) is 0 Å². The Bertz CT molecular complexity index is 242. The van der Waals surface area contributed by atoms with Gasteiger partial charge in [0.2, 0.25) is 0 Å². The molecule has 0 aliphatic heterocycles. The van der Waals surface area contributed by atoms with Crippen LogP contribution < -0.4 is 0 Å². The van der Waals surface area contributed by atoms with Crippen LogP contribution in [-0.2, 0) is 10.1 Å². The number of hydrogen-bond donors (Lipinski definition) is 1. The molecule has 0 unspecified atom stereocenters. The summed E-state index contributed by atoms with van der Waals surface area (Å²) in [6, 6.07) is 0. The molecule has 0 heterocycles. The van der Waals surface area contributed by atoms with Crippen LogP contribution in [0.4, 0.5) is 22.0 Å². The van der Waals surface area contributed by atoms with Gasteiger partial charge in [0.05, 0.1) is 0 Å². The highest BCUT2D eigenvalue weighted by atomic mass is 127.